The lowest BCUT2D eigenvalue weighted by molar-refractivity contribution is -0.137. The van der Waals surface area contributed by atoms with E-state index in [2.05, 4.69) is 67.5 Å². The number of hydrogen-bond donors (Lipinski definition) is 2. The van der Waals surface area contributed by atoms with Gasteiger partial charge >= 0.3 is 0 Å². The first kappa shape index (κ1) is 63.2. The minimum atomic E-state index is -0.228. The number of nitrogens with one attached hydrogen (secondary N) is 2. The molecule has 4 heterocycles. The molecule has 18 nitrogen and oxygen atoms in total. The topological polar surface area (TPSA) is 167 Å². The van der Waals surface area contributed by atoms with Crippen LogP contribution in [0.25, 0.3) is 22.3 Å². The van der Waals surface area contributed by atoms with Crippen LogP contribution < -0.4 is 49.0 Å². The van der Waals surface area contributed by atoms with E-state index < -0.39 is 0 Å². The first-order chi connectivity index (χ1) is 43.3. The Morgan fingerprint density at radius 2 is 1.47 bits per heavy atom. The van der Waals surface area contributed by atoms with E-state index in [0.29, 0.717) is 65.2 Å². The van der Waals surface area contributed by atoms with E-state index in [1.165, 1.54) is 4.90 Å². The standard InChI is InChI=1S/C71H86N10O8/c1-9-87-67-44-56(23-26-62(67)74-71-72-46-64(77(5)48-82)68(75-71)78(6)63-17-11-10-14-49(63)2)80-39-30-52(31-40-80)70(84)81-37-28-50(29-38-81)47-79-35-32-57(33-36-79)89-59-24-25-60(66(45-59)88-41-13-34-76(3)4)51-18-21-55(22-19-51)73-69(83)54-20-27-65(86-8)61(43-54)53-15-12-16-58(42-53)85-7/h10-12,14-27,42-46,48,50,52,57H,9,13,28-41,47H2,1-8H3,(H,73,83)(H,72,74,75). The molecule has 89 heavy (non-hydrogen) atoms. The molecule has 0 radical (unpaired) electrons. The molecule has 0 spiro atoms. The maximum absolute atomic E-state index is 14.0. The summed E-state index contributed by atoms with van der Waals surface area (Å²) in [5.41, 5.74) is 9.17. The normalized spacial score (nSPS) is 15.1. The van der Waals surface area contributed by atoms with Gasteiger partial charge in [-0.2, -0.15) is 4.98 Å². The fourth-order valence-corrected chi connectivity index (χ4v) is 12.3. The van der Waals surface area contributed by atoms with Crippen LogP contribution in [0, 0.1) is 18.8 Å². The molecule has 2 N–H and O–H groups in total. The summed E-state index contributed by atoms with van der Waals surface area (Å²) in [5, 5.41) is 6.45. The average molecular weight is 1210 g/mol. The van der Waals surface area contributed by atoms with Crippen LogP contribution in [0.2, 0.25) is 0 Å². The number of likely N-dealkylation sites (tertiary alicyclic amines) is 2. The monoisotopic (exact) mass is 1210 g/mol. The summed E-state index contributed by atoms with van der Waals surface area (Å²) in [5.74, 6) is 5.23. The van der Waals surface area contributed by atoms with E-state index in [-0.39, 0.29) is 17.9 Å². The Hall–Kier alpha value is -8.87. The summed E-state index contributed by atoms with van der Waals surface area (Å²) in [6.45, 7) is 12.1. The highest BCUT2D eigenvalue weighted by Gasteiger charge is 2.33. The molecule has 1 aromatic heterocycles. The van der Waals surface area contributed by atoms with E-state index in [1.807, 2.05) is 129 Å². The van der Waals surface area contributed by atoms with Gasteiger partial charge in [-0.3, -0.25) is 14.4 Å². The van der Waals surface area contributed by atoms with Gasteiger partial charge in [0.1, 0.15) is 40.5 Å². The Bertz CT molecular complexity index is 3520. The minimum Gasteiger partial charge on any atom is -0.497 e. The maximum atomic E-state index is 14.0. The van der Waals surface area contributed by atoms with Crippen LogP contribution in [0.3, 0.4) is 0 Å². The van der Waals surface area contributed by atoms with Gasteiger partial charge in [0.05, 0.1) is 39.3 Å². The molecular weight excluding hydrogens is 1120 g/mol. The van der Waals surface area contributed by atoms with Crippen molar-refractivity contribution in [2.75, 3.05) is 133 Å². The third-order valence-corrected chi connectivity index (χ3v) is 17.3. The molecule has 3 saturated heterocycles. The van der Waals surface area contributed by atoms with E-state index in [9.17, 15) is 14.4 Å². The molecule has 3 aliphatic rings. The molecule has 0 atom stereocenters. The summed E-state index contributed by atoms with van der Waals surface area (Å²) in [7, 11) is 11.0. The van der Waals surface area contributed by atoms with Gasteiger partial charge in [0.15, 0.2) is 5.82 Å². The molecule has 7 aromatic rings. The summed E-state index contributed by atoms with van der Waals surface area (Å²) >= 11 is 0. The highest BCUT2D eigenvalue weighted by atomic mass is 16.5. The molecule has 6 aromatic carbocycles. The molecule has 0 unspecified atom stereocenters. The second kappa shape index (κ2) is 29.9. The zero-order valence-electron chi connectivity index (χ0n) is 52.9. The number of carbonyl (C=O) groups excluding carboxylic acids is 3. The smallest absolute Gasteiger partial charge is 0.255 e. The predicted octanol–water partition coefficient (Wildman–Crippen LogP) is 12.2. The van der Waals surface area contributed by atoms with Gasteiger partial charge in [-0.15, -0.1) is 0 Å². The van der Waals surface area contributed by atoms with Crippen molar-refractivity contribution in [3.63, 3.8) is 0 Å². The van der Waals surface area contributed by atoms with Crippen molar-refractivity contribution in [2.45, 2.75) is 64.9 Å². The van der Waals surface area contributed by atoms with E-state index >= 15 is 0 Å². The third kappa shape index (κ3) is 15.9. The molecule has 0 aliphatic carbocycles. The average Bonchev–Trinajstić information content (AvgIpc) is 2.02. The fraction of sp³-hybridized carbons (Fsp3) is 0.394. The first-order valence-electron chi connectivity index (χ1n) is 31.2. The highest BCUT2D eigenvalue weighted by Crippen LogP contribution is 2.40. The first-order valence-corrected chi connectivity index (χ1v) is 31.2. The summed E-state index contributed by atoms with van der Waals surface area (Å²) in [4.78, 5) is 61.7. The number of anilines is 7. The Labute approximate surface area is 524 Å². The molecule has 0 bridgehead atoms. The summed E-state index contributed by atoms with van der Waals surface area (Å²) in [6.07, 6.45) is 8.92. The quantitative estimate of drug-likeness (QED) is 0.0410. The largest absolute Gasteiger partial charge is 0.497 e. The van der Waals surface area contributed by atoms with Crippen molar-refractivity contribution in [3.05, 3.63) is 145 Å². The Kier molecular flexibility index (Phi) is 21.2. The minimum absolute atomic E-state index is 0.0163. The predicted molar refractivity (Wildman–Crippen MR) is 354 cm³/mol. The molecule has 468 valence electrons. The number of aromatic nitrogens is 2. The second-order valence-electron chi connectivity index (χ2n) is 23.7. The van der Waals surface area contributed by atoms with Crippen LogP contribution in [0.5, 0.6) is 28.7 Å². The fourth-order valence-electron chi connectivity index (χ4n) is 12.3. The van der Waals surface area contributed by atoms with Crippen LogP contribution in [0.4, 0.5) is 40.2 Å². The number of para-hydroxylation sites is 1. The SMILES string of the molecule is CCOc1cc(N2CCC(C(=O)N3CCC(CN4CCC(Oc5ccc(-c6ccc(NC(=O)c7ccc(OC)c(-c8cccc(OC)c8)c7)cc6)c(OCCCN(C)C)c5)CC4)CC3)CC2)ccc1Nc1ncc(N(C)C=O)c(N(C)c2ccccc2C)n1. The van der Waals surface area contributed by atoms with Crippen molar-refractivity contribution < 1.29 is 38.1 Å². The van der Waals surface area contributed by atoms with Crippen LogP contribution in [-0.4, -0.2) is 157 Å². The molecule has 3 fully saturated rings. The van der Waals surface area contributed by atoms with Crippen LogP contribution in [-0.2, 0) is 9.59 Å². The molecule has 3 amide bonds. The molecule has 18 heteroatoms. The van der Waals surface area contributed by atoms with Gasteiger partial charge in [0.25, 0.3) is 5.91 Å². The van der Waals surface area contributed by atoms with Crippen molar-refractivity contribution in [1.82, 2.24) is 24.7 Å². The number of nitrogens with zero attached hydrogens (tertiary/aromatic N) is 8. The number of rotatable bonds is 25. The number of hydrogen-bond acceptors (Lipinski definition) is 15. The van der Waals surface area contributed by atoms with Gasteiger partial charge in [-0.25, -0.2) is 4.98 Å². The Morgan fingerprint density at radius 3 is 2.19 bits per heavy atom. The van der Waals surface area contributed by atoms with E-state index in [4.69, 9.17) is 28.7 Å². The third-order valence-electron chi connectivity index (χ3n) is 17.3. The number of methoxy groups -OCH3 is 2. The number of aryl methyl sites for hydroxylation is 1. The number of amides is 3. The van der Waals surface area contributed by atoms with Crippen molar-refractivity contribution in [3.8, 4) is 51.0 Å². The lowest BCUT2D eigenvalue weighted by atomic mass is 9.91. The van der Waals surface area contributed by atoms with Gasteiger partial charge in [-0.05, 0) is 168 Å². The molecule has 0 saturated carbocycles. The number of piperidine rings is 3. The number of ether oxygens (including phenoxy) is 5. The molecular formula is C71H86N10O8. The zero-order chi connectivity index (χ0) is 62.4. The lowest BCUT2D eigenvalue weighted by Gasteiger charge is -2.40. The van der Waals surface area contributed by atoms with Crippen molar-refractivity contribution in [2.24, 2.45) is 11.8 Å². The number of benzene rings is 6. The lowest BCUT2D eigenvalue weighted by Crippen LogP contribution is -2.47. The Morgan fingerprint density at radius 1 is 0.697 bits per heavy atom. The van der Waals surface area contributed by atoms with Crippen molar-refractivity contribution >= 4 is 58.4 Å². The van der Waals surface area contributed by atoms with E-state index in [0.717, 1.165) is 166 Å². The number of carbonyl (C=O) groups is 3. The van der Waals surface area contributed by atoms with Gasteiger partial charge in [-0.1, -0.05) is 42.5 Å². The van der Waals surface area contributed by atoms with Gasteiger partial charge in [0.2, 0.25) is 18.3 Å². The molecule has 3 aliphatic heterocycles. The van der Waals surface area contributed by atoms with Crippen LogP contribution in [0.15, 0.2) is 134 Å². The second-order valence-corrected chi connectivity index (χ2v) is 23.7. The Balaban J connectivity index is 0.682. The van der Waals surface area contributed by atoms with E-state index in [1.54, 1.807) is 33.5 Å². The van der Waals surface area contributed by atoms with Gasteiger partial charge in [0, 0.05) is 118 Å². The van der Waals surface area contributed by atoms with Crippen LogP contribution >= 0.6 is 0 Å². The summed E-state index contributed by atoms with van der Waals surface area (Å²) < 4.78 is 30.5. The van der Waals surface area contributed by atoms with Crippen molar-refractivity contribution in [1.29, 1.82) is 0 Å². The van der Waals surface area contributed by atoms with Crippen LogP contribution in [0.1, 0.15) is 67.8 Å². The maximum Gasteiger partial charge on any atom is 0.255 e. The molecule has 10 rings (SSSR count). The summed E-state index contributed by atoms with van der Waals surface area (Å²) in [6, 6.07) is 41.3. The highest BCUT2D eigenvalue weighted by molar-refractivity contribution is 6.05. The van der Waals surface area contributed by atoms with Gasteiger partial charge < -0.3 is 63.7 Å². The zero-order valence-corrected chi connectivity index (χ0v) is 52.9.